The van der Waals surface area contributed by atoms with Crippen molar-refractivity contribution in [3.8, 4) is 0 Å². The van der Waals surface area contributed by atoms with E-state index in [4.69, 9.17) is 0 Å². The molecule has 2 aromatic carbocycles. The molecule has 0 bridgehead atoms. The van der Waals surface area contributed by atoms with Gasteiger partial charge in [-0.05, 0) is 48.3 Å². The Morgan fingerprint density at radius 2 is 1.65 bits per heavy atom. The summed E-state index contributed by atoms with van der Waals surface area (Å²) < 4.78 is 28.6. The molecule has 6 heteroatoms. The van der Waals surface area contributed by atoms with Crippen molar-refractivity contribution in [1.82, 2.24) is 5.32 Å². The first-order chi connectivity index (χ1) is 16.0. The van der Waals surface area contributed by atoms with Crippen LogP contribution in [0.4, 0.5) is 0 Å². The number of nitrogens with one attached hydrogen (secondary N) is 1. The molecule has 5 nitrogen and oxygen atoms in total. The van der Waals surface area contributed by atoms with Gasteiger partial charge >= 0.3 is 10.0 Å². The van der Waals surface area contributed by atoms with E-state index in [-0.39, 0.29) is 21.3 Å². The maximum Gasteiger partial charge on any atom is 0.327 e. The highest BCUT2D eigenvalue weighted by Crippen LogP contribution is 2.43. The third-order valence-corrected chi connectivity index (χ3v) is 10.2. The average Bonchev–Trinajstić information content (AvgIpc) is 2.79. The van der Waals surface area contributed by atoms with Gasteiger partial charge in [0, 0.05) is 30.9 Å². The number of amides is 1. The van der Waals surface area contributed by atoms with Gasteiger partial charge in [-0.1, -0.05) is 63.2 Å². The van der Waals surface area contributed by atoms with Crippen molar-refractivity contribution in [3.63, 3.8) is 0 Å². The fourth-order valence-corrected chi connectivity index (χ4v) is 7.95. The Labute approximate surface area is 205 Å². The van der Waals surface area contributed by atoms with Crippen LogP contribution in [0, 0.1) is 11.8 Å². The molecule has 0 spiro atoms. The molecule has 2 aromatic rings. The van der Waals surface area contributed by atoms with E-state index in [1.165, 1.54) is 0 Å². The lowest BCUT2D eigenvalue weighted by atomic mass is 9.73. The van der Waals surface area contributed by atoms with Gasteiger partial charge in [-0.15, -0.1) is 0 Å². The van der Waals surface area contributed by atoms with Crippen molar-refractivity contribution >= 4 is 15.9 Å². The maximum atomic E-state index is 14.3. The van der Waals surface area contributed by atoms with Crippen LogP contribution in [0.1, 0.15) is 64.5 Å². The van der Waals surface area contributed by atoms with Crippen molar-refractivity contribution in [1.29, 1.82) is 0 Å². The smallest absolute Gasteiger partial charge is 0.327 e. The summed E-state index contributed by atoms with van der Waals surface area (Å²) in [6, 6.07) is 17.8. The SMILES string of the molecule is CC(=O)N[C@H]1CCC2C[N+](Cc3ccccc3)(S(=O)(=O)c3ccc(C(C)(C)C)cc3)CCC2C1. The number of nitrogens with zero attached hydrogens (tertiary/aromatic N) is 1. The molecule has 34 heavy (non-hydrogen) atoms. The topological polar surface area (TPSA) is 63.2 Å². The van der Waals surface area contributed by atoms with E-state index < -0.39 is 10.0 Å². The zero-order chi connectivity index (χ0) is 24.6. The number of sulfonamides is 1. The summed E-state index contributed by atoms with van der Waals surface area (Å²) in [7, 11) is -3.60. The molecular weight excluding hydrogens is 444 g/mol. The molecule has 1 heterocycles. The zero-order valence-corrected chi connectivity index (χ0v) is 21.8. The summed E-state index contributed by atoms with van der Waals surface area (Å²) in [5.74, 6) is 0.840. The molecule has 3 unspecified atom stereocenters. The van der Waals surface area contributed by atoms with Crippen LogP contribution in [0.2, 0.25) is 0 Å². The van der Waals surface area contributed by atoms with Crippen LogP contribution in [0.15, 0.2) is 59.5 Å². The second kappa shape index (κ2) is 9.46. The maximum absolute atomic E-state index is 14.3. The first-order valence-electron chi connectivity index (χ1n) is 12.5. The average molecular weight is 484 g/mol. The number of rotatable bonds is 5. The lowest BCUT2D eigenvalue weighted by Crippen LogP contribution is -2.60. The van der Waals surface area contributed by atoms with E-state index in [2.05, 4.69) is 26.1 Å². The van der Waals surface area contributed by atoms with Gasteiger partial charge in [0.1, 0.15) is 11.4 Å². The second-order valence-electron chi connectivity index (χ2n) is 11.4. The third-order valence-electron chi connectivity index (χ3n) is 7.86. The van der Waals surface area contributed by atoms with Crippen molar-refractivity contribution in [3.05, 3.63) is 65.7 Å². The van der Waals surface area contributed by atoms with Gasteiger partial charge in [-0.3, -0.25) is 4.79 Å². The molecule has 1 aliphatic carbocycles. The summed E-state index contributed by atoms with van der Waals surface area (Å²) in [6.07, 6.45) is 3.71. The minimum atomic E-state index is -3.60. The Morgan fingerprint density at radius 3 is 2.26 bits per heavy atom. The predicted molar refractivity (Wildman–Crippen MR) is 136 cm³/mol. The van der Waals surface area contributed by atoms with E-state index in [0.717, 1.165) is 36.8 Å². The molecule has 1 amide bonds. The van der Waals surface area contributed by atoms with Gasteiger partial charge in [0.2, 0.25) is 5.91 Å². The molecular formula is C28H39N2O3S+. The van der Waals surface area contributed by atoms with Crippen LogP contribution in [0.3, 0.4) is 0 Å². The van der Waals surface area contributed by atoms with Gasteiger partial charge in [0.25, 0.3) is 0 Å². The predicted octanol–water partition coefficient (Wildman–Crippen LogP) is 5.01. The number of fused-ring (bicyclic) bond motifs is 1. The number of quaternary nitrogens is 1. The van der Waals surface area contributed by atoms with Crippen LogP contribution >= 0.6 is 0 Å². The molecule has 4 atom stereocenters. The molecule has 1 aliphatic heterocycles. The lowest BCUT2D eigenvalue weighted by Gasteiger charge is -2.48. The Morgan fingerprint density at radius 1 is 0.971 bits per heavy atom. The number of carbonyl (C=O) groups excluding carboxylic acids is 1. The number of benzene rings is 2. The molecule has 1 N–H and O–H groups in total. The van der Waals surface area contributed by atoms with Crippen LogP contribution in [-0.2, 0) is 26.8 Å². The van der Waals surface area contributed by atoms with Crippen LogP contribution in [0.5, 0.6) is 0 Å². The largest absolute Gasteiger partial charge is 0.354 e. The van der Waals surface area contributed by atoms with E-state index in [0.29, 0.717) is 36.4 Å². The fraction of sp³-hybridized carbons (Fsp3) is 0.536. The minimum Gasteiger partial charge on any atom is -0.354 e. The molecule has 1 saturated heterocycles. The summed E-state index contributed by atoms with van der Waals surface area (Å²) in [5, 5.41) is 3.09. The monoisotopic (exact) mass is 483 g/mol. The number of hydrogen-bond acceptors (Lipinski definition) is 3. The Kier molecular flexibility index (Phi) is 6.94. The minimum absolute atomic E-state index is 0.0229. The van der Waals surface area contributed by atoms with E-state index in [1.807, 2.05) is 42.5 Å². The Hall–Kier alpha value is -2.18. The second-order valence-corrected chi connectivity index (χ2v) is 13.6. The normalized spacial score (nSPS) is 27.6. The first kappa shape index (κ1) is 24.9. The highest BCUT2D eigenvalue weighted by atomic mass is 32.2. The van der Waals surface area contributed by atoms with Crippen molar-refractivity contribution in [2.75, 3.05) is 13.1 Å². The van der Waals surface area contributed by atoms with Gasteiger partial charge < -0.3 is 5.32 Å². The third kappa shape index (κ3) is 5.08. The van der Waals surface area contributed by atoms with Crippen molar-refractivity contribution in [2.24, 2.45) is 11.8 Å². The molecule has 2 fully saturated rings. The Balaban J connectivity index is 1.66. The van der Waals surface area contributed by atoms with Gasteiger partial charge in [-0.2, -0.15) is 8.42 Å². The number of hydrogen-bond donors (Lipinski definition) is 1. The van der Waals surface area contributed by atoms with Gasteiger partial charge in [-0.25, -0.2) is 3.89 Å². The molecule has 0 radical (unpaired) electrons. The van der Waals surface area contributed by atoms with Crippen molar-refractivity contribution < 1.29 is 17.1 Å². The van der Waals surface area contributed by atoms with Crippen LogP contribution < -0.4 is 5.32 Å². The summed E-state index contributed by atoms with van der Waals surface area (Å²) >= 11 is 0. The summed E-state index contributed by atoms with van der Waals surface area (Å²) in [5.41, 5.74) is 2.17. The van der Waals surface area contributed by atoms with Crippen LogP contribution in [-0.4, -0.2) is 37.3 Å². The molecule has 1 saturated carbocycles. The molecule has 184 valence electrons. The highest BCUT2D eigenvalue weighted by Gasteiger charge is 2.51. The molecule has 4 rings (SSSR count). The van der Waals surface area contributed by atoms with Crippen LogP contribution in [0.25, 0.3) is 0 Å². The first-order valence-corrected chi connectivity index (χ1v) is 14.0. The highest BCUT2D eigenvalue weighted by molar-refractivity contribution is 7.86. The number of carbonyl (C=O) groups is 1. The molecule has 0 aromatic heterocycles. The van der Waals surface area contributed by atoms with Gasteiger partial charge in [0.15, 0.2) is 0 Å². The summed E-state index contributed by atoms with van der Waals surface area (Å²) in [4.78, 5) is 12.0. The molecule has 2 aliphatic rings. The summed E-state index contributed by atoms with van der Waals surface area (Å²) in [6.45, 7) is 9.73. The van der Waals surface area contributed by atoms with E-state index >= 15 is 0 Å². The fourth-order valence-electron chi connectivity index (χ4n) is 5.97. The van der Waals surface area contributed by atoms with E-state index in [1.54, 1.807) is 19.1 Å². The zero-order valence-electron chi connectivity index (χ0n) is 21.0. The number of likely N-dealkylation sites (tertiary alicyclic amines) is 1. The van der Waals surface area contributed by atoms with Crippen molar-refractivity contribution in [2.45, 2.75) is 76.3 Å². The van der Waals surface area contributed by atoms with Gasteiger partial charge in [0.05, 0.1) is 13.1 Å². The number of piperidine rings is 1. The van der Waals surface area contributed by atoms with E-state index in [9.17, 15) is 13.2 Å². The Bertz CT molecular complexity index is 1110. The standard InChI is InChI=1S/C28H38N2O3S/c1-21(31)29-26-13-10-24-20-30(17-16-23(24)18-26,19-22-8-6-5-7-9-22)34(32,33)27-14-11-25(12-15-27)28(2,3)4/h5-9,11-12,14-15,23-24,26H,10,13,16-20H2,1-4H3/p+1/t23?,24?,26-,30?/m0/s1. The lowest BCUT2D eigenvalue weighted by molar-refractivity contribution is -0.832. The quantitative estimate of drug-likeness (QED) is 0.608.